The molecule has 0 aliphatic rings. The molecule has 27 heavy (non-hydrogen) atoms. The summed E-state index contributed by atoms with van der Waals surface area (Å²) in [7, 11) is 6.63. The molecule has 7 heteroatoms. The van der Waals surface area contributed by atoms with Crippen molar-refractivity contribution in [2.24, 2.45) is 4.99 Å². The second-order valence-electron chi connectivity index (χ2n) is 6.07. The first-order chi connectivity index (χ1) is 13.0. The molecule has 0 amide bonds. The Morgan fingerprint density at radius 1 is 1.11 bits per heavy atom. The van der Waals surface area contributed by atoms with Crippen LogP contribution < -0.4 is 24.8 Å². The first-order valence-electron chi connectivity index (χ1n) is 8.84. The number of ether oxygens (including phenoxy) is 3. The number of rotatable bonds is 8. The molecule has 2 N–H and O–H groups in total. The van der Waals surface area contributed by atoms with E-state index in [9.17, 15) is 0 Å². The van der Waals surface area contributed by atoms with Crippen LogP contribution in [0.2, 0.25) is 0 Å². The van der Waals surface area contributed by atoms with E-state index >= 15 is 0 Å². The van der Waals surface area contributed by atoms with E-state index in [0.29, 0.717) is 24.7 Å². The predicted molar refractivity (Wildman–Crippen MR) is 106 cm³/mol. The van der Waals surface area contributed by atoms with Gasteiger partial charge >= 0.3 is 0 Å². The highest BCUT2D eigenvalue weighted by molar-refractivity contribution is 5.80. The number of benzene rings is 1. The quantitative estimate of drug-likeness (QED) is 0.545. The minimum absolute atomic E-state index is 0.00922. The van der Waals surface area contributed by atoms with Crippen molar-refractivity contribution in [2.75, 3.05) is 34.9 Å². The van der Waals surface area contributed by atoms with Gasteiger partial charge in [0.1, 0.15) is 28.8 Å². The average molecular weight is 375 g/mol. The van der Waals surface area contributed by atoms with Crippen LogP contribution in [0.3, 0.4) is 0 Å². The highest BCUT2D eigenvalue weighted by atomic mass is 16.5. The Balaban J connectivity index is 1.99. The van der Waals surface area contributed by atoms with E-state index in [1.54, 1.807) is 28.4 Å². The van der Waals surface area contributed by atoms with Gasteiger partial charge < -0.3 is 29.3 Å². The van der Waals surface area contributed by atoms with Gasteiger partial charge in [-0.1, -0.05) is 0 Å². The third kappa shape index (κ3) is 5.32. The molecule has 0 bridgehead atoms. The van der Waals surface area contributed by atoms with Crippen molar-refractivity contribution in [3.8, 4) is 17.2 Å². The molecule has 0 spiro atoms. The summed E-state index contributed by atoms with van der Waals surface area (Å²) in [6, 6.07) is 7.63. The SMILES string of the molecule is CN=C(NCCc1c(OC)cc(OC)cc1OC)NC(C)c1ccc(C)o1. The highest BCUT2D eigenvalue weighted by Crippen LogP contribution is 2.34. The smallest absolute Gasteiger partial charge is 0.191 e. The molecule has 0 aliphatic carbocycles. The van der Waals surface area contributed by atoms with Gasteiger partial charge in [0.15, 0.2) is 5.96 Å². The van der Waals surface area contributed by atoms with Gasteiger partial charge in [0.2, 0.25) is 0 Å². The van der Waals surface area contributed by atoms with Crippen LogP contribution in [-0.2, 0) is 6.42 Å². The Labute approximate surface area is 160 Å². The number of methoxy groups -OCH3 is 3. The molecule has 1 atom stereocenters. The van der Waals surface area contributed by atoms with Gasteiger partial charge in [-0.3, -0.25) is 4.99 Å². The topological polar surface area (TPSA) is 77.3 Å². The second-order valence-corrected chi connectivity index (χ2v) is 6.07. The van der Waals surface area contributed by atoms with Crippen molar-refractivity contribution in [1.82, 2.24) is 10.6 Å². The standard InChI is InChI=1S/C20H29N3O4/c1-13-7-8-17(27-13)14(2)23-20(21-3)22-10-9-16-18(25-5)11-15(24-4)12-19(16)26-6/h7-8,11-12,14H,9-10H2,1-6H3,(H2,21,22,23). The maximum atomic E-state index is 5.66. The number of furan rings is 1. The number of hydrogen-bond acceptors (Lipinski definition) is 5. The van der Waals surface area contributed by atoms with Crippen LogP contribution in [0.15, 0.2) is 33.7 Å². The molecule has 0 aliphatic heterocycles. The minimum atomic E-state index is 0.00922. The van der Waals surface area contributed by atoms with Crippen LogP contribution in [0, 0.1) is 6.92 Å². The first kappa shape index (κ1) is 20.5. The van der Waals surface area contributed by atoms with Crippen LogP contribution >= 0.6 is 0 Å². The number of aryl methyl sites for hydroxylation is 1. The van der Waals surface area contributed by atoms with Crippen molar-refractivity contribution in [1.29, 1.82) is 0 Å². The Morgan fingerprint density at radius 3 is 2.26 bits per heavy atom. The summed E-state index contributed by atoms with van der Waals surface area (Å²) in [6.45, 7) is 4.61. The normalized spacial score (nSPS) is 12.4. The lowest BCUT2D eigenvalue weighted by Gasteiger charge is -2.18. The second kappa shape index (κ2) is 9.75. The molecule has 1 aromatic carbocycles. The third-order valence-electron chi connectivity index (χ3n) is 4.25. The van der Waals surface area contributed by atoms with E-state index in [1.807, 2.05) is 38.1 Å². The molecule has 1 aromatic heterocycles. The summed E-state index contributed by atoms with van der Waals surface area (Å²) >= 11 is 0. The monoisotopic (exact) mass is 375 g/mol. The molecule has 0 fully saturated rings. The van der Waals surface area contributed by atoms with Crippen molar-refractivity contribution in [3.63, 3.8) is 0 Å². The van der Waals surface area contributed by atoms with E-state index in [1.165, 1.54) is 0 Å². The van der Waals surface area contributed by atoms with Gasteiger partial charge in [-0.25, -0.2) is 0 Å². The minimum Gasteiger partial charge on any atom is -0.496 e. The molecule has 148 valence electrons. The van der Waals surface area contributed by atoms with Gasteiger partial charge in [-0.15, -0.1) is 0 Å². The van der Waals surface area contributed by atoms with Crippen molar-refractivity contribution >= 4 is 5.96 Å². The average Bonchev–Trinajstić information content (AvgIpc) is 3.13. The zero-order valence-electron chi connectivity index (χ0n) is 16.9. The lowest BCUT2D eigenvalue weighted by Crippen LogP contribution is -2.39. The fraction of sp³-hybridized carbons (Fsp3) is 0.450. The number of guanidine groups is 1. The van der Waals surface area contributed by atoms with Gasteiger partial charge in [0.25, 0.3) is 0 Å². The summed E-state index contributed by atoms with van der Waals surface area (Å²) in [5.74, 6) is 4.61. The molecule has 7 nitrogen and oxygen atoms in total. The van der Waals surface area contributed by atoms with Crippen LogP contribution in [0.5, 0.6) is 17.2 Å². The number of nitrogens with one attached hydrogen (secondary N) is 2. The van der Waals surface area contributed by atoms with Gasteiger partial charge in [0.05, 0.1) is 27.4 Å². The lowest BCUT2D eigenvalue weighted by atomic mass is 10.1. The third-order valence-corrected chi connectivity index (χ3v) is 4.25. The first-order valence-corrected chi connectivity index (χ1v) is 8.84. The van der Waals surface area contributed by atoms with Gasteiger partial charge in [-0.2, -0.15) is 0 Å². The molecule has 1 heterocycles. The Hall–Kier alpha value is -2.83. The highest BCUT2D eigenvalue weighted by Gasteiger charge is 2.14. The maximum absolute atomic E-state index is 5.66. The zero-order chi connectivity index (χ0) is 19.8. The molecular weight excluding hydrogens is 346 g/mol. The van der Waals surface area contributed by atoms with Crippen molar-refractivity contribution in [2.45, 2.75) is 26.3 Å². The Kier molecular flexibility index (Phi) is 7.40. The van der Waals surface area contributed by atoms with Gasteiger partial charge in [0, 0.05) is 31.3 Å². The van der Waals surface area contributed by atoms with Gasteiger partial charge in [-0.05, 0) is 32.4 Å². The largest absolute Gasteiger partial charge is 0.496 e. The Bertz CT molecular complexity index is 745. The van der Waals surface area contributed by atoms with E-state index < -0.39 is 0 Å². The number of aliphatic imine (C=N–C) groups is 1. The molecule has 0 saturated heterocycles. The summed E-state index contributed by atoms with van der Waals surface area (Å²) in [4.78, 5) is 4.27. The molecule has 2 aromatic rings. The van der Waals surface area contributed by atoms with Crippen molar-refractivity contribution < 1.29 is 18.6 Å². The fourth-order valence-electron chi connectivity index (χ4n) is 2.79. The van der Waals surface area contributed by atoms with Crippen LogP contribution in [0.1, 0.15) is 30.0 Å². The fourth-order valence-corrected chi connectivity index (χ4v) is 2.79. The maximum Gasteiger partial charge on any atom is 0.191 e. The zero-order valence-corrected chi connectivity index (χ0v) is 16.9. The molecule has 0 radical (unpaired) electrons. The van der Waals surface area contributed by atoms with E-state index in [4.69, 9.17) is 18.6 Å². The molecule has 2 rings (SSSR count). The van der Waals surface area contributed by atoms with Crippen LogP contribution in [0.4, 0.5) is 0 Å². The Morgan fingerprint density at radius 2 is 1.78 bits per heavy atom. The summed E-state index contributed by atoms with van der Waals surface area (Å²) in [5, 5.41) is 6.63. The predicted octanol–water partition coefficient (Wildman–Crippen LogP) is 3.08. The molecule has 1 unspecified atom stereocenters. The molecule has 0 saturated carbocycles. The molecular formula is C20H29N3O4. The summed E-state index contributed by atoms with van der Waals surface area (Å²) in [5.41, 5.74) is 0.971. The number of hydrogen-bond donors (Lipinski definition) is 2. The van der Waals surface area contributed by atoms with E-state index in [-0.39, 0.29) is 6.04 Å². The van der Waals surface area contributed by atoms with E-state index in [0.717, 1.165) is 28.6 Å². The van der Waals surface area contributed by atoms with E-state index in [2.05, 4.69) is 15.6 Å². The number of nitrogens with zero attached hydrogens (tertiary/aromatic N) is 1. The van der Waals surface area contributed by atoms with Crippen LogP contribution in [-0.4, -0.2) is 40.9 Å². The lowest BCUT2D eigenvalue weighted by molar-refractivity contribution is 0.368. The summed E-state index contributed by atoms with van der Waals surface area (Å²) < 4.78 is 21.9. The van der Waals surface area contributed by atoms with Crippen molar-refractivity contribution in [3.05, 3.63) is 41.3 Å². The summed E-state index contributed by atoms with van der Waals surface area (Å²) in [6.07, 6.45) is 0.700. The van der Waals surface area contributed by atoms with Crippen LogP contribution in [0.25, 0.3) is 0 Å².